The molecular weight excluding hydrogens is 332 g/mol. The third-order valence-electron chi connectivity index (χ3n) is 4.28. The first kappa shape index (κ1) is 17.8. The number of hydrogen-bond donors (Lipinski definition) is 2. The molecule has 6 nitrogen and oxygen atoms in total. The van der Waals surface area contributed by atoms with Crippen LogP contribution in [0.15, 0.2) is 48.7 Å². The highest BCUT2D eigenvalue weighted by atomic mass is 16.5. The van der Waals surface area contributed by atoms with Crippen LogP contribution in [0.1, 0.15) is 11.1 Å². The number of aromatic amines is 1. The molecule has 3 N–H and O–H groups in total. The summed E-state index contributed by atoms with van der Waals surface area (Å²) in [5.41, 5.74) is 8.80. The van der Waals surface area contributed by atoms with Crippen LogP contribution in [-0.2, 0) is 22.6 Å². The van der Waals surface area contributed by atoms with Gasteiger partial charge in [0.2, 0.25) is 0 Å². The van der Waals surface area contributed by atoms with Gasteiger partial charge in [-0.05, 0) is 23.8 Å². The van der Waals surface area contributed by atoms with Gasteiger partial charge in [-0.2, -0.15) is 0 Å². The Morgan fingerprint density at radius 1 is 1.12 bits per heavy atom. The first-order valence-electron chi connectivity index (χ1n) is 8.30. The van der Waals surface area contributed by atoms with Crippen molar-refractivity contribution in [3.05, 3.63) is 59.8 Å². The lowest BCUT2D eigenvalue weighted by Gasteiger charge is -2.13. The summed E-state index contributed by atoms with van der Waals surface area (Å²) in [4.78, 5) is 15.5. The van der Waals surface area contributed by atoms with Crippen LogP contribution in [0.25, 0.3) is 10.9 Å². The molecule has 0 spiro atoms. The number of nitrogens with two attached hydrogens (primary N) is 1. The van der Waals surface area contributed by atoms with Gasteiger partial charge in [0.1, 0.15) is 24.1 Å². The van der Waals surface area contributed by atoms with Gasteiger partial charge in [0.05, 0.1) is 14.2 Å². The van der Waals surface area contributed by atoms with Gasteiger partial charge in [0.15, 0.2) is 0 Å². The van der Waals surface area contributed by atoms with E-state index >= 15 is 0 Å². The number of rotatable bonds is 7. The SMILES string of the molecule is COc1ccc(COC(=O)C(N)Cc2c[nH]c3ccccc23)c(OC)c1. The Bertz CT molecular complexity index is 904. The van der Waals surface area contributed by atoms with Gasteiger partial charge in [-0.25, -0.2) is 0 Å². The van der Waals surface area contributed by atoms with Crippen LogP contribution in [0.2, 0.25) is 0 Å². The minimum Gasteiger partial charge on any atom is -0.497 e. The van der Waals surface area contributed by atoms with E-state index in [9.17, 15) is 4.79 Å². The number of aromatic nitrogens is 1. The van der Waals surface area contributed by atoms with E-state index in [4.69, 9.17) is 19.9 Å². The lowest BCUT2D eigenvalue weighted by atomic mass is 10.1. The van der Waals surface area contributed by atoms with Crippen molar-refractivity contribution < 1.29 is 19.0 Å². The first-order chi connectivity index (χ1) is 12.6. The highest BCUT2D eigenvalue weighted by Gasteiger charge is 2.18. The van der Waals surface area contributed by atoms with Gasteiger partial charge >= 0.3 is 5.97 Å². The molecule has 1 aromatic heterocycles. The molecule has 1 unspecified atom stereocenters. The third kappa shape index (κ3) is 3.81. The number of carbonyl (C=O) groups is 1. The summed E-state index contributed by atoms with van der Waals surface area (Å²) in [5, 5.41) is 1.06. The molecule has 3 rings (SSSR count). The molecule has 0 saturated carbocycles. The normalized spacial score (nSPS) is 12.0. The molecule has 3 aromatic rings. The van der Waals surface area contributed by atoms with Crippen LogP contribution in [0.5, 0.6) is 11.5 Å². The average molecular weight is 354 g/mol. The van der Waals surface area contributed by atoms with Gasteiger partial charge in [-0.3, -0.25) is 4.79 Å². The predicted molar refractivity (Wildman–Crippen MR) is 99.3 cm³/mol. The molecular formula is C20H22N2O4. The van der Waals surface area contributed by atoms with E-state index < -0.39 is 12.0 Å². The molecule has 1 atom stereocenters. The average Bonchev–Trinajstić information content (AvgIpc) is 3.08. The van der Waals surface area contributed by atoms with E-state index in [1.165, 1.54) is 0 Å². The molecule has 6 heteroatoms. The molecule has 0 aliphatic rings. The fraction of sp³-hybridized carbons (Fsp3) is 0.250. The second-order valence-corrected chi connectivity index (χ2v) is 5.96. The van der Waals surface area contributed by atoms with E-state index in [1.54, 1.807) is 32.4 Å². The Hall–Kier alpha value is -2.99. The van der Waals surface area contributed by atoms with Crippen molar-refractivity contribution in [3.63, 3.8) is 0 Å². The van der Waals surface area contributed by atoms with Crippen molar-refractivity contribution in [1.29, 1.82) is 0 Å². The maximum atomic E-state index is 12.3. The smallest absolute Gasteiger partial charge is 0.323 e. The van der Waals surface area contributed by atoms with Crippen molar-refractivity contribution in [1.82, 2.24) is 4.98 Å². The predicted octanol–water partition coefficient (Wildman–Crippen LogP) is 2.80. The van der Waals surface area contributed by atoms with E-state index in [-0.39, 0.29) is 6.61 Å². The van der Waals surface area contributed by atoms with Gasteiger partial charge < -0.3 is 24.9 Å². The minimum atomic E-state index is -0.738. The summed E-state index contributed by atoms with van der Waals surface area (Å²) in [5.74, 6) is 0.823. The van der Waals surface area contributed by atoms with Gasteiger partial charge in [-0.1, -0.05) is 18.2 Å². The number of methoxy groups -OCH3 is 2. The van der Waals surface area contributed by atoms with Gasteiger partial charge in [0, 0.05) is 35.2 Å². The fourth-order valence-corrected chi connectivity index (χ4v) is 2.85. The highest BCUT2D eigenvalue weighted by molar-refractivity contribution is 5.84. The third-order valence-corrected chi connectivity index (χ3v) is 4.28. The van der Waals surface area contributed by atoms with Crippen molar-refractivity contribution in [3.8, 4) is 11.5 Å². The lowest BCUT2D eigenvalue weighted by molar-refractivity contribution is -0.146. The molecule has 0 bridgehead atoms. The van der Waals surface area contributed by atoms with Crippen LogP contribution in [0.4, 0.5) is 0 Å². The van der Waals surface area contributed by atoms with Crippen LogP contribution in [0, 0.1) is 0 Å². The number of H-pyrrole nitrogens is 1. The summed E-state index contributed by atoms with van der Waals surface area (Å²) in [6, 6.07) is 12.5. The molecule has 0 fully saturated rings. The number of carbonyl (C=O) groups excluding carboxylic acids is 1. The maximum absolute atomic E-state index is 12.3. The standard InChI is InChI=1S/C20H22N2O4/c1-24-15-8-7-13(19(10-15)25-2)12-26-20(23)17(21)9-14-11-22-18-6-4-3-5-16(14)18/h3-8,10-11,17,22H,9,12,21H2,1-2H3. The zero-order chi connectivity index (χ0) is 18.5. The fourth-order valence-electron chi connectivity index (χ4n) is 2.85. The van der Waals surface area contributed by atoms with Gasteiger partial charge in [-0.15, -0.1) is 0 Å². The summed E-state index contributed by atoms with van der Waals surface area (Å²) >= 11 is 0. The Kier molecular flexibility index (Phi) is 5.43. The molecule has 0 aliphatic heterocycles. The van der Waals surface area contributed by atoms with Crippen molar-refractivity contribution in [2.75, 3.05) is 14.2 Å². The topological polar surface area (TPSA) is 86.6 Å². The van der Waals surface area contributed by atoms with E-state index in [2.05, 4.69) is 4.98 Å². The Morgan fingerprint density at radius 2 is 1.92 bits per heavy atom. The molecule has 2 aromatic carbocycles. The monoisotopic (exact) mass is 354 g/mol. The minimum absolute atomic E-state index is 0.0909. The molecule has 136 valence electrons. The molecule has 0 radical (unpaired) electrons. The van der Waals surface area contributed by atoms with Crippen molar-refractivity contribution >= 4 is 16.9 Å². The molecule has 26 heavy (non-hydrogen) atoms. The number of fused-ring (bicyclic) bond motifs is 1. The zero-order valence-electron chi connectivity index (χ0n) is 14.8. The summed E-state index contributed by atoms with van der Waals surface area (Å²) in [7, 11) is 3.14. The Morgan fingerprint density at radius 3 is 2.69 bits per heavy atom. The molecule has 0 amide bonds. The second kappa shape index (κ2) is 7.93. The van der Waals surface area contributed by atoms with E-state index in [1.807, 2.05) is 30.5 Å². The van der Waals surface area contributed by atoms with E-state index in [0.717, 1.165) is 22.0 Å². The lowest BCUT2D eigenvalue weighted by Crippen LogP contribution is -2.34. The molecule has 1 heterocycles. The number of para-hydroxylation sites is 1. The summed E-state index contributed by atoms with van der Waals surface area (Å²) in [6.07, 6.45) is 2.28. The first-order valence-corrected chi connectivity index (χ1v) is 8.30. The highest BCUT2D eigenvalue weighted by Crippen LogP contribution is 2.25. The number of benzene rings is 2. The summed E-state index contributed by atoms with van der Waals surface area (Å²) < 4.78 is 15.8. The van der Waals surface area contributed by atoms with E-state index in [0.29, 0.717) is 17.9 Å². The molecule has 0 aliphatic carbocycles. The van der Waals surface area contributed by atoms with Crippen LogP contribution < -0.4 is 15.2 Å². The number of nitrogens with one attached hydrogen (secondary N) is 1. The molecule has 0 saturated heterocycles. The van der Waals surface area contributed by atoms with Gasteiger partial charge in [0.25, 0.3) is 0 Å². The van der Waals surface area contributed by atoms with Crippen molar-refractivity contribution in [2.45, 2.75) is 19.1 Å². The number of esters is 1. The Labute approximate surface area is 151 Å². The maximum Gasteiger partial charge on any atom is 0.323 e. The van der Waals surface area contributed by atoms with Crippen LogP contribution >= 0.6 is 0 Å². The summed E-state index contributed by atoms with van der Waals surface area (Å²) in [6.45, 7) is 0.0909. The van der Waals surface area contributed by atoms with Crippen LogP contribution in [-0.4, -0.2) is 31.2 Å². The zero-order valence-corrected chi connectivity index (χ0v) is 14.8. The van der Waals surface area contributed by atoms with Crippen LogP contribution in [0.3, 0.4) is 0 Å². The largest absolute Gasteiger partial charge is 0.497 e. The quantitative estimate of drug-likeness (QED) is 0.637. The number of ether oxygens (including phenoxy) is 3. The second-order valence-electron chi connectivity index (χ2n) is 5.96. The van der Waals surface area contributed by atoms with Crippen molar-refractivity contribution in [2.24, 2.45) is 5.73 Å². The Balaban J connectivity index is 1.63. The number of hydrogen-bond acceptors (Lipinski definition) is 5.